The van der Waals surface area contributed by atoms with E-state index in [2.05, 4.69) is 34.7 Å². The number of hydrogen-bond donors (Lipinski definition) is 0. The molecule has 5 heteroatoms. The van der Waals surface area contributed by atoms with Crippen LogP contribution in [0.4, 0.5) is 11.4 Å². The molecule has 4 nitrogen and oxygen atoms in total. The van der Waals surface area contributed by atoms with E-state index in [0.29, 0.717) is 12.0 Å². The number of rotatable bonds is 5. The maximum Gasteiger partial charge on any atom is 0.293 e. The van der Waals surface area contributed by atoms with Crippen LogP contribution >= 0.6 is 15.9 Å². The zero-order chi connectivity index (χ0) is 15.4. The van der Waals surface area contributed by atoms with Gasteiger partial charge in [-0.05, 0) is 30.9 Å². The van der Waals surface area contributed by atoms with Crippen LogP contribution in [-0.4, -0.2) is 17.5 Å². The number of nitro benzene ring substituents is 1. The summed E-state index contributed by atoms with van der Waals surface area (Å²) in [5, 5.41) is 11.4. The third-order valence-electron chi connectivity index (χ3n) is 4.02. The van der Waals surface area contributed by atoms with Crippen molar-refractivity contribution in [2.24, 2.45) is 5.92 Å². The number of anilines is 1. The van der Waals surface area contributed by atoms with Gasteiger partial charge in [0.05, 0.1) is 4.92 Å². The molecule has 0 heterocycles. The molecule has 1 fully saturated rings. The molecule has 0 N–H and O–H groups in total. The molecular formula is C16H23BrN2O2. The van der Waals surface area contributed by atoms with E-state index < -0.39 is 0 Å². The molecule has 1 aromatic rings. The smallest absolute Gasteiger partial charge is 0.293 e. The lowest BCUT2D eigenvalue weighted by molar-refractivity contribution is -0.384. The summed E-state index contributed by atoms with van der Waals surface area (Å²) in [5.74, 6) is 0.482. The van der Waals surface area contributed by atoms with Crippen LogP contribution in [0.3, 0.4) is 0 Å². The molecule has 0 amide bonds. The van der Waals surface area contributed by atoms with Gasteiger partial charge in [-0.15, -0.1) is 0 Å². The van der Waals surface area contributed by atoms with Crippen LogP contribution in [0.15, 0.2) is 22.7 Å². The number of nitro groups is 1. The Balaban J connectivity index is 2.37. The first-order chi connectivity index (χ1) is 9.99. The zero-order valence-corrected chi connectivity index (χ0v) is 14.3. The van der Waals surface area contributed by atoms with Gasteiger partial charge in [-0.1, -0.05) is 49.0 Å². The molecule has 1 aromatic carbocycles. The van der Waals surface area contributed by atoms with Crippen LogP contribution in [-0.2, 0) is 0 Å². The van der Waals surface area contributed by atoms with E-state index in [4.69, 9.17) is 0 Å². The Morgan fingerprint density at radius 3 is 2.57 bits per heavy atom. The monoisotopic (exact) mass is 354 g/mol. The average molecular weight is 355 g/mol. The third-order valence-corrected chi connectivity index (χ3v) is 4.51. The summed E-state index contributed by atoms with van der Waals surface area (Å²) < 4.78 is 0.756. The fourth-order valence-corrected chi connectivity index (χ4v) is 3.46. The summed E-state index contributed by atoms with van der Waals surface area (Å²) >= 11 is 3.34. The fraction of sp³-hybridized carbons (Fsp3) is 0.625. The van der Waals surface area contributed by atoms with Gasteiger partial charge in [0.1, 0.15) is 5.69 Å². The summed E-state index contributed by atoms with van der Waals surface area (Å²) in [4.78, 5) is 13.4. The van der Waals surface area contributed by atoms with Crippen molar-refractivity contribution >= 4 is 27.3 Å². The van der Waals surface area contributed by atoms with Gasteiger partial charge in [-0.3, -0.25) is 10.1 Å². The second kappa shape index (κ2) is 7.25. The van der Waals surface area contributed by atoms with Gasteiger partial charge in [0.15, 0.2) is 0 Å². The van der Waals surface area contributed by atoms with Gasteiger partial charge in [0.25, 0.3) is 5.69 Å². The predicted molar refractivity (Wildman–Crippen MR) is 89.9 cm³/mol. The lowest BCUT2D eigenvalue weighted by atomic mass is 9.93. The average Bonchev–Trinajstić information content (AvgIpc) is 2.45. The van der Waals surface area contributed by atoms with Crippen LogP contribution in [0.5, 0.6) is 0 Å². The Morgan fingerprint density at radius 1 is 1.33 bits per heavy atom. The summed E-state index contributed by atoms with van der Waals surface area (Å²) in [7, 11) is 0. The summed E-state index contributed by atoms with van der Waals surface area (Å²) in [6, 6.07) is 5.84. The van der Waals surface area contributed by atoms with Crippen molar-refractivity contribution in [3.05, 3.63) is 32.8 Å². The van der Waals surface area contributed by atoms with Gasteiger partial charge < -0.3 is 4.90 Å². The Morgan fingerprint density at radius 2 is 2.00 bits per heavy atom. The topological polar surface area (TPSA) is 46.4 Å². The molecular weight excluding hydrogens is 332 g/mol. The first-order valence-corrected chi connectivity index (χ1v) is 8.49. The molecule has 1 aliphatic carbocycles. The molecule has 0 aromatic heterocycles. The van der Waals surface area contributed by atoms with Crippen LogP contribution in [0, 0.1) is 16.0 Å². The van der Waals surface area contributed by atoms with Crippen LogP contribution in [0.2, 0.25) is 0 Å². The number of nitrogens with zero attached hydrogens (tertiary/aromatic N) is 2. The van der Waals surface area contributed by atoms with E-state index in [1.54, 1.807) is 6.07 Å². The molecule has 0 radical (unpaired) electrons. The largest absolute Gasteiger partial charge is 0.363 e. The standard InChI is InChI=1S/C16H23BrN2O2/c1-12(2)11-18(14-6-4-3-5-7-14)15-9-8-13(17)10-16(15)19(20)21/h8-10,12,14H,3-7,11H2,1-2H3. The Hall–Kier alpha value is -1.10. The molecule has 1 aliphatic rings. The lowest BCUT2D eigenvalue weighted by Gasteiger charge is -2.37. The molecule has 21 heavy (non-hydrogen) atoms. The Kier molecular flexibility index (Phi) is 5.62. The van der Waals surface area contributed by atoms with E-state index in [1.807, 2.05) is 12.1 Å². The number of hydrogen-bond acceptors (Lipinski definition) is 3. The SMILES string of the molecule is CC(C)CN(c1ccc(Br)cc1[N+](=O)[O-])C1CCCCC1. The quantitative estimate of drug-likeness (QED) is 0.542. The second-order valence-electron chi connectivity index (χ2n) is 6.23. The molecule has 0 aliphatic heterocycles. The molecule has 0 atom stereocenters. The maximum atomic E-state index is 11.4. The number of benzene rings is 1. The van der Waals surface area contributed by atoms with Gasteiger partial charge in [-0.2, -0.15) is 0 Å². The van der Waals surface area contributed by atoms with Gasteiger partial charge in [0, 0.05) is 23.1 Å². The fourth-order valence-electron chi connectivity index (χ4n) is 3.12. The van der Waals surface area contributed by atoms with Crippen molar-refractivity contribution in [1.29, 1.82) is 0 Å². The highest BCUT2D eigenvalue weighted by Gasteiger charge is 2.27. The number of halogens is 1. The highest BCUT2D eigenvalue weighted by Crippen LogP contribution is 2.36. The van der Waals surface area contributed by atoms with Crippen LogP contribution in [0.25, 0.3) is 0 Å². The third kappa shape index (κ3) is 4.19. The molecule has 0 bridgehead atoms. The minimum atomic E-state index is -0.268. The second-order valence-corrected chi connectivity index (χ2v) is 7.14. The highest BCUT2D eigenvalue weighted by atomic mass is 79.9. The normalized spacial score (nSPS) is 16.2. The summed E-state index contributed by atoms with van der Waals surface area (Å²) in [6.45, 7) is 5.20. The van der Waals surface area contributed by atoms with E-state index in [0.717, 1.165) is 29.5 Å². The van der Waals surface area contributed by atoms with E-state index in [9.17, 15) is 10.1 Å². The van der Waals surface area contributed by atoms with Crippen molar-refractivity contribution < 1.29 is 4.92 Å². The van der Waals surface area contributed by atoms with Gasteiger partial charge in [0.2, 0.25) is 0 Å². The lowest BCUT2D eigenvalue weighted by Crippen LogP contribution is -2.39. The van der Waals surface area contributed by atoms with Crippen molar-refractivity contribution in [2.75, 3.05) is 11.4 Å². The van der Waals surface area contributed by atoms with Crippen LogP contribution < -0.4 is 4.90 Å². The van der Waals surface area contributed by atoms with Crippen molar-refractivity contribution in [3.63, 3.8) is 0 Å². The van der Waals surface area contributed by atoms with Crippen molar-refractivity contribution in [3.8, 4) is 0 Å². The maximum absolute atomic E-state index is 11.4. The Labute approximate surface area is 134 Å². The molecule has 1 saturated carbocycles. The minimum Gasteiger partial charge on any atom is -0.363 e. The minimum absolute atomic E-state index is 0.204. The predicted octanol–water partition coefficient (Wildman–Crippen LogP) is 5.15. The highest BCUT2D eigenvalue weighted by molar-refractivity contribution is 9.10. The van der Waals surface area contributed by atoms with E-state index in [-0.39, 0.29) is 10.6 Å². The molecule has 0 saturated heterocycles. The van der Waals surface area contributed by atoms with Crippen molar-refractivity contribution in [2.45, 2.75) is 52.0 Å². The Bertz CT molecular complexity index is 499. The van der Waals surface area contributed by atoms with E-state index >= 15 is 0 Å². The molecule has 2 rings (SSSR count). The van der Waals surface area contributed by atoms with E-state index in [1.165, 1.54) is 19.3 Å². The van der Waals surface area contributed by atoms with Crippen molar-refractivity contribution in [1.82, 2.24) is 0 Å². The first-order valence-electron chi connectivity index (χ1n) is 7.69. The summed E-state index contributed by atoms with van der Waals surface area (Å²) in [5.41, 5.74) is 0.972. The zero-order valence-electron chi connectivity index (χ0n) is 12.7. The van der Waals surface area contributed by atoms with Gasteiger partial charge in [-0.25, -0.2) is 0 Å². The van der Waals surface area contributed by atoms with Gasteiger partial charge >= 0.3 is 0 Å². The summed E-state index contributed by atoms with van der Waals surface area (Å²) in [6.07, 6.45) is 6.02. The molecule has 0 unspecified atom stereocenters. The first kappa shape index (κ1) is 16.3. The molecule has 0 spiro atoms. The van der Waals surface area contributed by atoms with Crippen LogP contribution in [0.1, 0.15) is 46.0 Å². The molecule has 116 valence electrons.